The Balaban J connectivity index is 4.01. The van der Waals surface area contributed by atoms with Gasteiger partial charge >= 0.3 is 17.9 Å². The molecule has 0 radical (unpaired) electrons. The monoisotopic (exact) mass is 1030 g/mol. The second kappa shape index (κ2) is 61.9. The summed E-state index contributed by atoms with van der Waals surface area (Å²) in [4.78, 5) is 38.0. The van der Waals surface area contributed by atoms with Crippen LogP contribution in [-0.2, 0) is 28.6 Å². The SMILES string of the molecule is CC/C=C\C/C=C\C/C=C\C/C=C\C/C=C\C/C=C\CCCCCCCCCCCCCCCCCCC(=O)OCC(COC(=O)CCCCCCCCCC)OC(=O)CCCCCCC/C=C\C/C=C\CCC. The second-order valence-electron chi connectivity index (χ2n) is 20.6. The lowest BCUT2D eigenvalue weighted by molar-refractivity contribution is -0.167. The van der Waals surface area contributed by atoms with Crippen LogP contribution in [0.1, 0.15) is 297 Å². The molecule has 0 saturated heterocycles. The fraction of sp³-hybridized carbons (Fsp3) is 0.721. The van der Waals surface area contributed by atoms with Crippen molar-refractivity contribution in [2.24, 2.45) is 0 Å². The van der Waals surface area contributed by atoms with E-state index < -0.39 is 6.10 Å². The Morgan fingerprint density at radius 2 is 0.554 bits per heavy atom. The summed E-state index contributed by atoms with van der Waals surface area (Å²) in [6.07, 6.45) is 83.0. The molecule has 0 aliphatic rings. The number of ether oxygens (including phenoxy) is 3. The van der Waals surface area contributed by atoms with Gasteiger partial charge in [-0.3, -0.25) is 14.4 Å². The number of carbonyl (C=O) groups is 3. The Bertz CT molecular complexity index is 1460. The van der Waals surface area contributed by atoms with Crippen molar-refractivity contribution in [3.63, 3.8) is 0 Å². The fourth-order valence-electron chi connectivity index (χ4n) is 8.66. The molecule has 0 amide bonds. The van der Waals surface area contributed by atoms with Gasteiger partial charge in [0, 0.05) is 19.3 Å². The van der Waals surface area contributed by atoms with Gasteiger partial charge in [0.15, 0.2) is 6.10 Å². The van der Waals surface area contributed by atoms with Gasteiger partial charge in [0.05, 0.1) is 0 Å². The van der Waals surface area contributed by atoms with Crippen LogP contribution in [0.15, 0.2) is 97.2 Å². The van der Waals surface area contributed by atoms with Crippen LogP contribution in [0.5, 0.6) is 0 Å². The number of rotatable bonds is 56. The molecular formula is C68H116O6. The number of carbonyl (C=O) groups excluding carboxylic acids is 3. The largest absolute Gasteiger partial charge is 0.462 e. The van der Waals surface area contributed by atoms with Gasteiger partial charge in [-0.25, -0.2) is 0 Å². The zero-order chi connectivity index (χ0) is 53.6. The summed E-state index contributed by atoms with van der Waals surface area (Å²) >= 11 is 0. The first-order chi connectivity index (χ1) is 36.5. The molecule has 0 aliphatic heterocycles. The lowest BCUT2D eigenvalue weighted by Gasteiger charge is -2.18. The molecule has 6 heteroatoms. The van der Waals surface area contributed by atoms with E-state index in [-0.39, 0.29) is 31.1 Å². The van der Waals surface area contributed by atoms with Crippen LogP contribution in [0.2, 0.25) is 0 Å². The summed E-state index contributed by atoms with van der Waals surface area (Å²) in [6.45, 7) is 6.43. The molecule has 0 rings (SSSR count). The maximum Gasteiger partial charge on any atom is 0.306 e. The van der Waals surface area contributed by atoms with Crippen molar-refractivity contribution in [1.82, 2.24) is 0 Å². The van der Waals surface area contributed by atoms with Crippen LogP contribution in [-0.4, -0.2) is 37.2 Å². The maximum absolute atomic E-state index is 12.8. The number of unbranched alkanes of at least 4 members (excludes halogenated alkanes) is 29. The Kier molecular flexibility index (Phi) is 58.8. The lowest BCUT2D eigenvalue weighted by Crippen LogP contribution is -2.30. The highest BCUT2D eigenvalue weighted by atomic mass is 16.6. The summed E-state index contributed by atoms with van der Waals surface area (Å²) in [5.41, 5.74) is 0. The molecule has 0 aromatic carbocycles. The van der Waals surface area contributed by atoms with Crippen LogP contribution >= 0.6 is 0 Å². The summed E-state index contributed by atoms with van der Waals surface area (Å²) in [7, 11) is 0. The number of allylic oxidation sites excluding steroid dienone is 16. The Morgan fingerprint density at radius 3 is 0.878 bits per heavy atom. The maximum atomic E-state index is 12.8. The van der Waals surface area contributed by atoms with Crippen LogP contribution < -0.4 is 0 Å². The first-order valence-electron chi connectivity index (χ1n) is 31.2. The molecule has 0 fully saturated rings. The molecule has 74 heavy (non-hydrogen) atoms. The Hall–Kier alpha value is -3.67. The number of hydrogen-bond acceptors (Lipinski definition) is 6. The molecule has 0 aromatic heterocycles. The minimum absolute atomic E-state index is 0.0793. The molecule has 6 nitrogen and oxygen atoms in total. The summed E-state index contributed by atoms with van der Waals surface area (Å²) in [5.74, 6) is -0.891. The third-order valence-corrected chi connectivity index (χ3v) is 13.3. The van der Waals surface area contributed by atoms with Crippen molar-refractivity contribution in [2.45, 2.75) is 303 Å². The minimum atomic E-state index is -0.779. The second-order valence-corrected chi connectivity index (χ2v) is 20.6. The third kappa shape index (κ3) is 59.2. The highest BCUT2D eigenvalue weighted by Crippen LogP contribution is 2.16. The van der Waals surface area contributed by atoms with Crippen LogP contribution in [0, 0.1) is 0 Å². The van der Waals surface area contributed by atoms with Gasteiger partial charge in [-0.2, -0.15) is 0 Å². The molecule has 1 atom stereocenters. The van der Waals surface area contributed by atoms with E-state index in [9.17, 15) is 14.4 Å². The molecule has 0 aromatic rings. The highest BCUT2D eigenvalue weighted by Gasteiger charge is 2.19. The van der Waals surface area contributed by atoms with Gasteiger partial charge in [-0.1, -0.05) is 279 Å². The van der Waals surface area contributed by atoms with E-state index in [2.05, 4.69) is 118 Å². The van der Waals surface area contributed by atoms with Crippen molar-refractivity contribution in [2.75, 3.05) is 13.2 Å². The Labute approximate surface area is 457 Å². The molecule has 424 valence electrons. The van der Waals surface area contributed by atoms with Crippen molar-refractivity contribution in [3.8, 4) is 0 Å². The predicted molar refractivity (Wildman–Crippen MR) is 320 cm³/mol. The molecule has 1 unspecified atom stereocenters. The third-order valence-electron chi connectivity index (χ3n) is 13.3. The van der Waals surface area contributed by atoms with Crippen LogP contribution in [0.3, 0.4) is 0 Å². The van der Waals surface area contributed by atoms with E-state index >= 15 is 0 Å². The molecule has 0 bridgehead atoms. The zero-order valence-corrected chi connectivity index (χ0v) is 48.6. The quantitative estimate of drug-likeness (QED) is 0.0261. The predicted octanol–water partition coefficient (Wildman–Crippen LogP) is 21.3. The lowest BCUT2D eigenvalue weighted by atomic mass is 10.0. The van der Waals surface area contributed by atoms with Gasteiger partial charge in [-0.05, 0) is 96.3 Å². The van der Waals surface area contributed by atoms with E-state index in [0.29, 0.717) is 19.3 Å². The minimum Gasteiger partial charge on any atom is -0.462 e. The van der Waals surface area contributed by atoms with Crippen molar-refractivity contribution in [3.05, 3.63) is 97.2 Å². The van der Waals surface area contributed by atoms with Crippen molar-refractivity contribution < 1.29 is 28.6 Å². The average Bonchev–Trinajstić information content (AvgIpc) is 3.40. The number of esters is 3. The Morgan fingerprint density at radius 1 is 0.284 bits per heavy atom. The molecule has 0 N–H and O–H groups in total. The topological polar surface area (TPSA) is 78.9 Å². The van der Waals surface area contributed by atoms with Crippen LogP contribution in [0.4, 0.5) is 0 Å². The van der Waals surface area contributed by atoms with Gasteiger partial charge in [0.1, 0.15) is 13.2 Å². The van der Waals surface area contributed by atoms with Crippen LogP contribution in [0.25, 0.3) is 0 Å². The van der Waals surface area contributed by atoms with Gasteiger partial charge < -0.3 is 14.2 Å². The molecule has 0 saturated carbocycles. The standard InChI is InChI=1S/C68H116O6/c1-4-7-10-13-16-19-21-23-24-25-26-27-28-29-30-31-32-33-34-35-36-37-38-39-40-41-42-43-44-46-47-49-52-55-58-61-67(70)73-64-65(63-72-66(69)60-57-54-51-18-15-12-9-6-3)74-68(71)62-59-56-53-50-48-45-22-20-17-14-11-8-5-2/h7,10-11,14,16,19-20,22-24,26-27,29-30,32-33,65H,4-6,8-9,12-13,15,17-18,21,25,28,31,34-64H2,1-3H3/b10-7-,14-11-,19-16-,22-20-,24-23-,27-26-,30-29-,33-32-. The van der Waals surface area contributed by atoms with E-state index in [0.717, 1.165) is 128 Å². The fourth-order valence-corrected chi connectivity index (χ4v) is 8.66. The summed E-state index contributed by atoms with van der Waals surface area (Å²) in [6, 6.07) is 0. The molecule has 0 spiro atoms. The van der Waals surface area contributed by atoms with Crippen molar-refractivity contribution in [1.29, 1.82) is 0 Å². The first-order valence-corrected chi connectivity index (χ1v) is 31.2. The van der Waals surface area contributed by atoms with E-state index in [4.69, 9.17) is 14.2 Å². The van der Waals surface area contributed by atoms with E-state index in [1.54, 1.807) is 0 Å². The molecule has 0 heterocycles. The van der Waals surface area contributed by atoms with E-state index in [1.165, 1.54) is 128 Å². The van der Waals surface area contributed by atoms with Crippen molar-refractivity contribution >= 4 is 17.9 Å². The van der Waals surface area contributed by atoms with Gasteiger partial charge in [0.2, 0.25) is 0 Å². The van der Waals surface area contributed by atoms with Gasteiger partial charge in [-0.15, -0.1) is 0 Å². The first kappa shape index (κ1) is 70.3. The molecule has 0 aliphatic carbocycles. The summed E-state index contributed by atoms with van der Waals surface area (Å²) in [5, 5.41) is 0. The van der Waals surface area contributed by atoms with E-state index in [1.807, 2.05) is 0 Å². The average molecular weight is 1030 g/mol. The summed E-state index contributed by atoms with van der Waals surface area (Å²) < 4.78 is 16.8. The smallest absolute Gasteiger partial charge is 0.306 e. The normalized spacial score (nSPS) is 12.7. The number of hydrogen-bond donors (Lipinski definition) is 0. The zero-order valence-electron chi connectivity index (χ0n) is 48.6. The molecular weight excluding hydrogens is 913 g/mol. The van der Waals surface area contributed by atoms with Gasteiger partial charge in [0.25, 0.3) is 0 Å². The highest BCUT2D eigenvalue weighted by molar-refractivity contribution is 5.71.